The third kappa shape index (κ3) is 5.28. The molecule has 0 bridgehead atoms. The van der Waals surface area contributed by atoms with Gasteiger partial charge in [0.2, 0.25) is 0 Å². The minimum absolute atomic E-state index is 0.0726. The van der Waals surface area contributed by atoms with E-state index in [1.54, 1.807) is 0 Å². The van der Waals surface area contributed by atoms with E-state index in [1.165, 1.54) is 6.92 Å². The van der Waals surface area contributed by atoms with Crippen molar-refractivity contribution in [2.24, 2.45) is 0 Å². The number of carbonyl (C=O) groups excluding carboxylic acids is 1. The van der Waals surface area contributed by atoms with Crippen molar-refractivity contribution in [3.8, 4) is 0 Å². The average molecular weight is 507 g/mol. The molecule has 4 nitrogen and oxygen atoms in total. The number of pyridine rings is 1. The predicted molar refractivity (Wildman–Crippen MR) is 94.9 cm³/mol. The zero-order valence-electron chi connectivity index (χ0n) is 16.2. The van der Waals surface area contributed by atoms with E-state index in [-0.39, 0.29) is 16.8 Å². The van der Waals surface area contributed by atoms with E-state index in [4.69, 9.17) is 16.3 Å². The summed E-state index contributed by atoms with van der Waals surface area (Å²) in [5.41, 5.74) is -5.17. The minimum atomic E-state index is -5.11. The van der Waals surface area contributed by atoms with Crippen molar-refractivity contribution in [3.63, 3.8) is 0 Å². The number of hydrogen-bond donors (Lipinski definition) is 0. The molecule has 1 saturated heterocycles. The van der Waals surface area contributed by atoms with Crippen LogP contribution in [0.2, 0.25) is 5.15 Å². The maximum absolute atomic E-state index is 13.1. The first-order chi connectivity index (χ1) is 15.0. The van der Waals surface area contributed by atoms with Crippen LogP contribution in [0.25, 0.3) is 0 Å². The Morgan fingerprint density at radius 2 is 1.42 bits per heavy atom. The van der Waals surface area contributed by atoms with E-state index in [9.17, 15) is 44.3 Å². The Labute approximate surface area is 184 Å². The van der Waals surface area contributed by atoms with Crippen LogP contribution in [-0.4, -0.2) is 22.0 Å². The van der Waals surface area contributed by atoms with Crippen LogP contribution in [0.5, 0.6) is 0 Å². The summed E-state index contributed by atoms with van der Waals surface area (Å²) in [6, 6.07) is 0.261. The van der Waals surface area contributed by atoms with Crippen molar-refractivity contribution in [3.05, 3.63) is 63.4 Å². The normalized spacial score (nSPS) is 19.7. The molecule has 1 aromatic heterocycles. The van der Waals surface area contributed by atoms with E-state index in [2.05, 4.69) is 4.98 Å². The van der Waals surface area contributed by atoms with Crippen LogP contribution in [-0.2, 0) is 29.8 Å². The number of ether oxygens (including phenoxy) is 1. The van der Waals surface area contributed by atoms with E-state index in [0.29, 0.717) is 24.4 Å². The standard InChI is InChI=1S/C19H12ClF9N2O2/c1-8-14(9-2-11(17(21,22)23)5-12(3-9)18(24,25)26)33-16(32)31(8)7-10-4-13(19(27,28)29)6-30-15(10)20/h2-6,8,14H,7H2,1H3. The number of aromatic nitrogens is 1. The number of benzene rings is 1. The Bertz CT molecular complexity index is 1030. The van der Waals surface area contributed by atoms with Crippen LogP contribution in [0.1, 0.15) is 40.8 Å². The molecule has 2 heterocycles. The van der Waals surface area contributed by atoms with Crippen LogP contribution in [0.3, 0.4) is 0 Å². The Morgan fingerprint density at radius 3 is 1.91 bits per heavy atom. The molecule has 0 N–H and O–H groups in total. The van der Waals surface area contributed by atoms with Crippen molar-refractivity contribution < 1.29 is 49.0 Å². The highest BCUT2D eigenvalue weighted by atomic mass is 35.5. The molecule has 2 atom stereocenters. The lowest BCUT2D eigenvalue weighted by molar-refractivity contribution is -0.143. The van der Waals surface area contributed by atoms with Crippen molar-refractivity contribution >= 4 is 17.7 Å². The summed E-state index contributed by atoms with van der Waals surface area (Å²) in [7, 11) is 0. The summed E-state index contributed by atoms with van der Waals surface area (Å²) >= 11 is 5.81. The number of amides is 1. The quantitative estimate of drug-likeness (QED) is 0.337. The van der Waals surface area contributed by atoms with Crippen LogP contribution in [0.4, 0.5) is 44.3 Å². The molecule has 3 rings (SSSR count). The molecule has 14 heteroatoms. The van der Waals surface area contributed by atoms with Gasteiger partial charge in [-0.2, -0.15) is 39.5 Å². The van der Waals surface area contributed by atoms with Gasteiger partial charge in [0.25, 0.3) is 0 Å². The molecule has 0 spiro atoms. The molecule has 2 unspecified atom stereocenters. The van der Waals surface area contributed by atoms with Gasteiger partial charge in [-0.05, 0) is 36.8 Å². The number of cyclic esters (lactones) is 1. The summed E-state index contributed by atoms with van der Waals surface area (Å²) < 4.78 is 123. The number of halogens is 10. The molecule has 1 aliphatic rings. The molecule has 0 radical (unpaired) electrons. The molecule has 2 aromatic rings. The Kier molecular flexibility index (Phi) is 6.24. The van der Waals surface area contributed by atoms with Crippen molar-refractivity contribution in [1.29, 1.82) is 0 Å². The van der Waals surface area contributed by atoms with Gasteiger partial charge >= 0.3 is 24.6 Å². The lowest BCUT2D eigenvalue weighted by Crippen LogP contribution is -2.31. The highest BCUT2D eigenvalue weighted by Crippen LogP contribution is 2.41. The second kappa shape index (κ2) is 8.26. The fraction of sp³-hybridized carbons (Fsp3) is 0.368. The van der Waals surface area contributed by atoms with E-state index < -0.39 is 65.6 Å². The summed E-state index contributed by atoms with van der Waals surface area (Å²) in [5, 5.41) is -0.370. The molecular formula is C19H12ClF9N2O2. The van der Waals surface area contributed by atoms with E-state index in [1.807, 2.05) is 0 Å². The van der Waals surface area contributed by atoms with Gasteiger partial charge in [0.05, 0.1) is 29.3 Å². The van der Waals surface area contributed by atoms with Crippen LogP contribution < -0.4 is 0 Å². The molecule has 33 heavy (non-hydrogen) atoms. The second-order valence-electron chi connectivity index (χ2n) is 7.18. The zero-order valence-corrected chi connectivity index (χ0v) is 17.0. The van der Waals surface area contributed by atoms with Gasteiger partial charge in [-0.3, -0.25) is 4.90 Å². The van der Waals surface area contributed by atoms with E-state index in [0.717, 1.165) is 4.90 Å². The number of alkyl halides is 9. The minimum Gasteiger partial charge on any atom is -0.439 e. The van der Waals surface area contributed by atoms with Crippen LogP contribution >= 0.6 is 11.6 Å². The zero-order chi connectivity index (χ0) is 24.9. The lowest BCUT2D eigenvalue weighted by atomic mass is 9.97. The van der Waals surface area contributed by atoms with Gasteiger partial charge in [0, 0.05) is 11.8 Å². The molecule has 0 aliphatic carbocycles. The molecule has 1 aromatic carbocycles. The Hall–Kier alpha value is -2.70. The molecule has 1 amide bonds. The first-order valence-corrected chi connectivity index (χ1v) is 9.34. The first-order valence-electron chi connectivity index (χ1n) is 8.96. The van der Waals surface area contributed by atoms with Gasteiger partial charge in [-0.25, -0.2) is 9.78 Å². The largest absolute Gasteiger partial charge is 0.439 e. The maximum atomic E-state index is 13.1. The number of nitrogens with zero attached hydrogens (tertiary/aromatic N) is 2. The monoisotopic (exact) mass is 506 g/mol. The molecule has 1 fully saturated rings. The summed E-state index contributed by atoms with van der Waals surface area (Å²) in [4.78, 5) is 16.5. The van der Waals surface area contributed by atoms with Crippen molar-refractivity contribution in [1.82, 2.24) is 9.88 Å². The molecule has 1 aliphatic heterocycles. The highest BCUT2D eigenvalue weighted by molar-refractivity contribution is 6.30. The fourth-order valence-corrected chi connectivity index (χ4v) is 3.41. The Morgan fingerprint density at radius 1 is 0.909 bits per heavy atom. The number of carbonyl (C=O) groups is 1. The third-order valence-corrected chi connectivity index (χ3v) is 5.25. The van der Waals surface area contributed by atoms with Gasteiger partial charge in [0.1, 0.15) is 11.3 Å². The smallest absolute Gasteiger partial charge is 0.417 e. The number of hydrogen-bond acceptors (Lipinski definition) is 3. The Balaban J connectivity index is 1.96. The molecule has 0 saturated carbocycles. The summed E-state index contributed by atoms with van der Waals surface area (Å²) in [5.74, 6) is 0. The predicted octanol–water partition coefficient (Wildman–Crippen LogP) is 6.87. The maximum Gasteiger partial charge on any atom is 0.417 e. The average Bonchev–Trinajstić information content (AvgIpc) is 2.95. The second-order valence-corrected chi connectivity index (χ2v) is 7.54. The van der Waals surface area contributed by atoms with Gasteiger partial charge in [-0.15, -0.1) is 0 Å². The molecular weight excluding hydrogens is 495 g/mol. The van der Waals surface area contributed by atoms with Gasteiger partial charge in [-0.1, -0.05) is 11.6 Å². The van der Waals surface area contributed by atoms with Crippen LogP contribution in [0, 0.1) is 0 Å². The van der Waals surface area contributed by atoms with Crippen LogP contribution in [0.15, 0.2) is 30.5 Å². The summed E-state index contributed by atoms with van der Waals surface area (Å²) in [6.45, 7) is 0.690. The first kappa shape index (κ1) is 24.9. The van der Waals surface area contributed by atoms with Gasteiger partial charge < -0.3 is 4.74 Å². The number of rotatable bonds is 3. The van der Waals surface area contributed by atoms with Crippen molar-refractivity contribution in [2.75, 3.05) is 0 Å². The summed E-state index contributed by atoms with van der Waals surface area (Å²) in [6.07, 6.45) is -17.2. The highest BCUT2D eigenvalue weighted by Gasteiger charge is 2.43. The van der Waals surface area contributed by atoms with Crippen molar-refractivity contribution in [2.45, 2.75) is 44.1 Å². The van der Waals surface area contributed by atoms with E-state index >= 15 is 0 Å². The third-order valence-electron chi connectivity index (χ3n) is 4.91. The SMILES string of the molecule is CC1C(c2cc(C(F)(F)F)cc(C(F)(F)F)c2)OC(=O)N1Cc1cc(C(F)(F)F)cnc1Cl. The topological polar surface area (TPSA) is 42.4 Å². The molecule has 180 valence electrons. The lowest BCUT2D eigenvalue weighted by Gasteiger charge is -2.23. The van der Waals surface area contributed by atoms with Gasteiger partial charge in [0.15, 0.2) is 0 Å². The fourth-order valence-electron chi connectivity index (χ4n) is 3.25.